The Morgan fingerprint density at radius 2 is 2.28 bits per heavy atom. The Morgan fingerprint density at radius 1 is 1.39 bits per heavy atom. The molecule has 0 amide bonds. The van der Waals surface area contributed by atoms with Crippen LogP contribution in [0.25, 0.3) is 0 Å². The fraction of sp³-hybridized carbons (Fsp3) is 0.400. The number of nitrogens with zero attached hydrogens (tertiary/aromatic N) is 1. The lowest BCUT2D eigenvalue weighted by atomic mass is 9.79. The van der Waals surface area contributed by atoms with Crippen molar-refractivity contribution in [3.05, 3.63) is 52.0 Å². The molecule has 1 atom stereocenters. The standard InChI is InChI=1S/C15H18N2S/c1-16-15(14-9-18-10-17-14)13-7-3-6-12(8-13)11-4-2-5-11/h3,6-11,15-16H,2,4-5H2,1H3. The van der Waals surface area contributed by atoms with E-state index in [1.165, 1.54) is 30.4 Å². The first kappa shape index (κ1) is 11.9. The van der Waals surface area contributed by atoms with Crippen LogP contribution in [0.5, 0.6) is 0 Å². The molecule has 3 heteroatoms. The summed E-state index contributed by atoms with van der Waals surface area (Å²) in [4.78, 5) is 4.43. The summed E-state index contributed by atoms with van der Waals surface area (Å²) in [5.74, 6) is 0.790. The van der Waals surface area contributed by atoms with E-state index in [1.54, 1.807) is 11.3 Å². The van der Waals surface area contributed by atoms with Gasteiger partial charge in [-0.25, -0.2) is 4.98 Å². The van der Waals surface area contributed by atoms with Crippen LogP contribution in [0, 0.1) is 0 Å². The first-order chi connectivity index (χ1) is 8.88. The molecule has 1 heterocycles. The summed E-state index contributed by atoms with van der Waals surface area (Å²) in [5, 5.41) is 5.49. The number of nitrogens with one attached hydrogen (secondary N) is 1. The molecule has 0 saturated heterocycles. The van der Waals surface area contributed by atoms with Crippen molar-refractivity contribution in [3.63, 3.8) is 0 Å². The molecule has 1 N–H and O–H groups in total. The van der Waals surface area contributed by atoms with Crippen LogP contribution in [0.1, 0.15) is 48.0 Å². The molecular weight excluding hydrogens is 240 g/mol. The quantitative estimate of drug-likeness (QED) is 0.904. The van der Waals surface area contributed by atoms with Gasteiger partial charge in [-0.05, 0) is 36.9 Å². The first-order valence-electron chi connectivity index (χ1n) is 6.53. The molecule has 94 valence electrons. The number of hydrogen-bond donors (Lipinski definition) is 1. The zero-order chi connectivity index (χ0) is 12.4. The molecule has 0 bridgehead atoms. The Morgan fingerprint density at radius 3 is 2.89 bits per heavy atom. The van der Waals surface area contributed by atoms with Crippen molar-refractivity contribution in [2.75, 3.05) is 7.05 Å². The number of thiazole rings is 1. The van der Waals surface area contributed by atoms with E-state index in [1.807, 2.05) is 12.6 Å². The molecule has 1 aliphatic rings. The molecule has 1 fully saturated rings. The lowest BCUT2D eigenvalue weighted by molar-refractivity contribution is 0.419. The van der Waals surface area contributed by atoms with Gasteiger partial charge in [0, 0.05) is 5.38 Å². The van der Waals surface area contributed by atoms with Gasteiger partial charge in [0.2, 0.25) is 0 Å². The van der Waals surface area contributed by atoms with Gasteiger partial charge < -0.3 is 5.32 Å². The van der Waals surface area contributed by atoms with Gasteiger partial charge >= 0.3 is 0 Å². The van der Waals surface area contributed by atoms with E-state index in [2.05, 4.69) is 39.9 Å². The van der Waals surface area contributed by atoms with Crippen LogP contribution in [0.4, 0.5) is 0 Å². The summed E-state index contributed by atoms with van der Waals surface area (Å²) in [6, 6.07) is 9.21. The Kier molecular flexibility index (Phi) is 3.43. The monoisotopic (exact) mass is 258 g/mol. The van der Waals surface area contributed by atoms with E-state index >= 15 is 0 Å². The highest BCUT2D eigenvalue weighted by molar-refractivity contribution is 7.07. The Balaban J connectivity index is 1.90. The van der Waals surface area contributed by atoms with Gasteiger partial charge in [0.25, 0.3) is 0 Å². The molecule has 1 saturated carbocycles. The summed E-state index contributed by atoms with van der Waals surface area (Å²) < 4.78 is 0. The van der Waals surface area contributed by atoms with E-state index in [0.717, 1.165) is 11.6 Å². The number of rotatable bonds is 4. The number of benzene rings is 1. The van der Waals surface area contributed by atoms with Crippen molar-refractivity contribution in [3.8, 4) is 0 Å². The maximum atomic E-state index is 4.43. The molecule has 2 aromatic rings. The van der Waals surface area contributed by atoms with Crippen molar-refractivity contribution >= 4 is 11.3 Å². The SMILES string of the molecule is CNC(c1cccc(C2CCC2)c1)c1cscn1. The summed E-state index contributed by atoms with van der Waals surface area (Å²) in [6.45, 7) is 0. The predicted octanol–water partition coefficient (Wildman–Crippen LogP) is 3.72. The summed E-state index contributed by atoms with van der Waals surface area (Å²) in [7, 11) is 2.00. The van der Waals surface area contributed by atoms with Crippen LogP contribution < -0.4 is 5.32 Å². The number of aromatic nitrogens is 1. The van der Waals surface area contributed by atoms with Crippen LogP contribution >= 0.6 is 11.3 Å². The predicted molar refractivity (Wildman–Crippen MR) is 76.1 cm³/mol. The van der Waals surface area contributed by atoms with Crippen LogP contribution in [0.3, 0.4) is 0 Å². The lowest BCUT2D eigenvalue weighted by Crippen LogP contribution is -2.18. The minimum Gasteiger partial charge on any atom is -0.308 e. The molecule has 1 aromatic carbocycles. The van der Waals surface area contributed by atoms with E-state index in [4.69, 9.17) is 0 Å². The average molecular weight is 258 g/mol. The van der Waals surface area contributed by atoms with E-state index in [9.17, 15) is 0 Å². The van der Waals surface area contributed by atoms with Crippen molar-refractivity contribution in [1.82, 2.24) is 10.3 Å². The zero-order valence-electron chi connectivity index (χ0n) is 10.6. The Bertz CT molecular complexity index is 503. The highest BCUT2D eigenvalue weighted by Gasteiger charge is 2.21. The van der Waals surface area contributed by atoms with Crippen LogP contribution in [0.15, 0.2) is 35.2 Å². The second kappa shape index (κ2) is 5.21. The van der Waals surface area contributed by atoms with Gasteiger partial charge in [0.15, 0.2) is 0 Å². The second-order valence-electron chi connectivity index (χ2n) is 4.93. The van der Waals surface area contributed by atoms with Gasteiger partial charge in [0.05, 0.1) is 17.2 Å². The van der Waals surface area contributed by atoms with Gasteiger partial charge in [-0.2, -0.15) is 0 Å². The Hall–Kier alpha value is -1.19. The molecule has 18 heavy (non-hydrogen) atoms. The van der Waals surface area contributed by atoms with Crippen molar-refractivity contribution in [2.24, 2.45) is 0 Å². The van der Waals surface area contributed by atoms with E-state index in [0.29, 0.717) is 0 Å². The van der Waals surface area contributed by atoms with Gasteiger partial charge in [-0.3, -0.25) is 0 Å². The molecule has 0 aliphatic heterocycles. The Labute approximate surface area is 112 Å². The third-order valence-electron chi connectivity index (χ3n) is 3.86. The minimum absolute atomic E-state index is 0.219. The fourth-order valence-corrected chi connectivity index (χ4v) is 3.16. The smallest absolute Gasteiger partial charge is 0.0795 e. The van der Waals surface area contributed by atoms with Crippen LogP contribution in [-0.4, -0.2) is 12.0 Å². The number of hydrogen-bond acceptors (Lipinski definition) is 3. The van der Waals surface area contributed by atoms with Gasteiger partial charge in [0.1, 0.15) is 0 Å². The normalized spacial score (nSPS) is 17.4. The maximum Gasteiger partial charge on any atom is 0.0795 e. The van der Waals surface area contributed by atoms with Gasteiger partial charge in [-0.15, -0.1) is 11.3 Å². The van der Waals surface area contributed by atoms with E-state index < -0.39 is 0 Å². The summed E-state index contributed by atoms with van der Waals surface area (Å²) in [6.07, 6.45) is 4.09. The minimum atomic E-state index is 0.219. The highest BCUT2D eigenvalue weighted by Crippen LogP contribution is 2.37. The average Bonchev–Trinajstić information content (AvgIpc) is 2.82. The molecular formula is C15H18N2S. The molecule has 0 radical (unpaired) electrons. The lowest BCUT2D eigenvalue weighted by Gasteiger charge is -2.27. The molecule has 1 aliphatic carbocycles. The second-order valence-corrected chi connectivity index (χ2v) is 5.65. The van der Waals surface area contributed by atoms with Crippen molar-refractivity contribution in [2.45, 2.75) is 31.2 Å². The van der Waals surface area contributed by atoms with Crippen molar-refractivity contribution < 1.29 is 0 Å². The van der Waals surface area contributed by atoms with Gasteiger partial charge in [-0.1, -0.05) is 30.7 Å². The zero-order valence-corrected chi connectivity index (χ0v) is 11.4. The van der Waals surface area contributed by atoms with Crippen LogP contribution in [0.2, 0.25) is 0 Å². The summed E-state index contributed by atoms with van der Waals surface area (Å²) >= 11 is 1.65. The largest absolute Gasteiger partial charge is 0.308 e. The molecule has 0 spiro atoms. The summed E-state index contributed by atoms with van der Waals surface area (Å²) in [5.41, 5.74) is 5.84. The molecule has 1 unspecified atom stereocenters. The third kappa shape index (κ3) is 2.20. The maximum absolute atomic E-state index is 4.43. The molecule has 1 aromatic heterocycles. The first-order valence-corrected chi connectivity index (χ1v) is 7.48. The fourth-order valence-electron chi connectivity index (χ4n) is 2.58. The molecule has 2 nitrogen and oxygen atoms in total. The highest BCUT2D eigenvalue weighted by atomic mass is 32.1. The van der Waals surface area contributed by atoms with Crippen molar-refractivity contribution in [1.29, 1.82) is 0 Å². The topological polar surface area (TPSA) is 24.9 Å². The van der Waals surface area contributed by atoms with Crippen LogP contribution in [-0.2, 0) is 0 Å². The molecule has 3 rings (SSSR count). The third-order valence-corrected chi connectivity index (χ3v) is 4.46. The van der Waals surface area contributed by atoms with E-state index in [-0.39, 0.29) is 6.04 Å².